The van der Waals surface area contributed by atoms with Crippen LogP contribution in [0.1, 0.15) is 18.9 Å². The number of para-hydroxylation sites is 1. The van der Waals surface area contributed by atoms with Gasteiger partial charge in [0.05, 0.1) is 12.0 Å². The zero-order valence-electron chi connectivity index (χ0n) is 14.2. The molecule has 2 rings (SSSR count). The van der Waals surface area contributed by atoms with Crippen molar-refractivity contribution in [3.05, 3.63) is 66.2 Å². The average molecular weight is 328 g/mol. The third-order valence-corrected chi connectivity index (χ3v) is 4.44. The summed E-state index contributed by atoms with van der Waals surface area (Å²) < 4.78 is 11.8. The molecule has 2 aromatic carbocycles. The predicted octanol–water partition coefficient (Wildman–Crippen LogP) is 4.75. The molecular weight excluding hydrogens is 304 g/mol. The van der Waals surface area contributed by atoms with Crippen LogP contribution >= 0.6 is 0 Å². The van der Waals surface area contributed by atoms with E-state index in [9.17, 15) is 4.79 Å². The first-order valence-electron chi connectivity index (χ1n) is 7.80. The van der Waals surface area contributed by atoms with Crippen LogP contribution in [0.15, 0.2) is 60.7 Å². The third kappa shape index (κ3) is 5.34. The highest BCUT2D eigenvalue weighted by molar-refractivity contribution is 6.69. The normalized spacial score (nSPS) is 14.1. The van der Waals surface area contributed by atoms with Crippen molar-refractivity contribution < 1.29 is 14.0 Å². The van der Waals surface area contributed by atoms with E-state index < -0.39 is 13.9 Å². The molecule has 0 aliphatic carbocycles. The number of ether oxygens (including phenoxy) is 1. The van der Waals surface area contributed by atoms with Gasteiger partial charge in [0.15, 0.2) is 8.32 Å². The summed E-state index contributed by atoms with van der Waals surface area (Å²) in [5.41, 5.74) is 0.310. The molecule has 23 heavy (non-hydrogen) atoms. The van der Waals surface area contributed by atoms with E-state index in [4.69, 9.17) is 9.16 Å². The van der Waals surface area contributed by atoms with Crippen molar-refractivity contribution in [1.82, 2.24) is 0 Å². The molecule has 0 heterocycles. The van der Waals surface area contributed by atoms with Gasteiger partial charge in [-0.15, -0.1) is 0 Å². The van der Waals surface area contributed by atoms with E-state index in [1.165, 1.54) is 0 Å². The number of carbonyl (C=O) groups is 1. The van der Waals surface area contributed by atoms with Gasteiger partial charge in [-0.3, -0.25) is 4.79 Å². The molecule has 0 saturated heterocycles. The van der Waals surface area contributed by atoms with Crippen molar-refractivity contribution in [2.24, 2.45) is 0 Å². The van der Waals surface area contributed by atoms with Crippen LogP contribution in [0, 0.1) is 0 Å². The second-order valence-corrected chi connectivity index (χ2v) is 11.2. The zero-order valence-corrected chi connectivity index (χ0v) is 15.2. The van der Waals surface area contributed by atoms with E-state index in [1.807, 2.05) is 55.5 Å². The topological polar surface area (TPSA) is 35.5 Å². The second-order valence-electron chi connectivity index (χ2n) is 6.78. The van der Waals surface area contributed by atoms with Crippen molar-refractivity contribution in [3.8, 4) is 5.75 Å². The van der Waals surface area contributed by atoms with Crippen LogP contribution < -0.4 is 4.74 Å². The Bertz CT molecular complexity index is 635. The quantitative estimate of drug-likeness (QED) is 0.436. The molecule has 0 bridgehead atoms. The molecular formula is C19H24O3Si. The highest BCUT2D eigenvalue weighted by atomic mass is 28.4. The number of rotatable bonds is 6. The van der Waals surface area contributed by atoms with Crippen LogP contribution in [0.25, 0.3) is 0 Å². The van der Waals surface area contributed by atoms with Crippen molar-refractivity contribution in [2.45, 2.75) is 38.6 Å². The Morgan fingerprint density at radius 3 is 2.00 bits per heavy atom. The van der Waals surface area contributed by atoms with Gasteiger partial charge in [-0.1, -0.05) is 48.5 Å². The maximum absolute atomic E-state index is 12.4. The highest BCUT2D eigenvalue weighted by Crippen LogP contribution is 2.33. The number of esters is 1. The Kier molecular flexibility index (Phi) is 5.39. The lowest BCUT2D eigenvalue weighted by atomic mass is 9.93. The lowest BCUT2D eigenvalue weighted by molar-refractivity contribution is -0.138. The molecule has 0 N–H and O–H groups in total. The van der Waals surface area contributed by atoms with E-state index in [0.29, 0.717) is 5.75 Å². The largest absolute Gasteiger partial charge is 0.426 e. The predicted molar refractivity (Wildman–Crippen MR) is 94.9 cm³/mol. The summed E-state index contributed by atoms with van der Waals surface area (Å²) in [6.45, 7) is 8.33. The van der Waals surface area contributed by atoms with Crippen LogP contribution in [0.2, 0.25) is 19.6 Å². The molecule has 2 aromatic rings. The summed E-state index contributed by atoms with van der Waals surface area (Å²) in [4.78, 5) is 12.4. The van der Waals surface area contributed by atoms with Gasteiger partial charge in [-0.2, -0.15) is 0 Å². The molecule has 4 heteroatoms. The smallest absolute Gasteiger partial charge is 0.314 e. The molecule has 122 valence electrons. The third-order valence-electron chi connectivity index (χ3n) is 3.37. The Morgan fingerprint density at radius 2 is 1.48 bits per heavy atom. The summed E-state index contributed by atoms with van der Waals surface area (Å²) in [6.07, 6.45) is 0.177. The van der Waals surface area contributed by atoms with Gasteiger partial charge < -0.3 is 9.16 Å². The Labute approximate surface area is 139 Å². The van der Waals surface area contributed by atoms with Crippen LogP contribution in [-0.4, -0.2) is 14.3 Å². The minimum absolute atomic E-state index is 0.177. The summed E-state index contributed by atoms with van der Waals surface area (Å²) in [7, 11) is -1.84. The van der Waals surface area contributed by atoms with Gasteiger partial charge in [0.25, 0.3) is 0 Å². The van der Waals surface area contributed by atoms with Gasteiger partial charge in [-0.25, -0.2) is 0 Å². The first kappa shape index (κ1) is 17.4. The standard InChI is InChI=1S/C19H24O3Si/c1-19(22-23(2,3)4,16-11-7-5-8-12-16)15-18(20)21-17-13-9-6-10-14-17/h5-14H,15H2,1-4H3. The number of hydrogen-bond donors (Lipinski definition) is 0. The van der Waals surface area contributed by atoms with Crippen LogP contribution in [0.3, 0.4) is 0 Å². The molecule has 3 nitrogen and oxygen atoms in total. The van der Waals surface area contributed by atoms with Gasteiger partial charge in [-0.05, 0) is 44.3 Å². The van der Waals surface area contributed by atoms with Crippen LogP contribution in [0.5, 0.6) is 5.75 Å². The average Bonchev–Trinajstić information content (AvgIpc) is 2.47. The van der Waals surface area contributed by atoms with Crippen LogP contribution in [0.4, 0.5) is 0 Å². The number of carbonyl (C=O) groups excluding carboxylic acids is 1. The van der Waals surface area contributed by atoms with Gasteiger partial charge in [0.2, 0.25) is 0 Å². The molecule has 0 radical (unpaired) electrons. The van der Waals surface area contributed by atoms with Crippen molar-refractivity contribution in [3.63, 3.8) is 0 Å². The molecule has 0 aliphatic rings. The van der Waals surface area contributed by atoms with E-state index in [2.05, 4.69) is 19.6 Å². The SMILES string of the molecule is CC(CC(=O)Oc1ccccc1)(O[Si](C)(C)C)c1ccccc1. The molecule has 0 aliphatic heterocycles. The molecule has 0 saturated carbocycles. The number of benzene rings is 2. The maximum Gasteiger partial charge on any atom is 0.314 e. The first-order valence-corrected chi connectivity index (χ1v) is 11.2. The van der Waals surface area contributed by atoms with E-state index in [0.717, 1.165) is 5.56 Å². The Hall–Kier alpha value is -1.91. The number of hydrogen-bond acceptors (Lipinski definition) is 3. The van der Waals surface area contributed by atoms with Gasteiger partial charge >= 0.3 is 5.97 Å². The fourth-order valence-electron chi connectivity index (χ4n) is 2.60. The van der Waals surface area contributed by atoms with Crippen molar-refractivity contribution >= 4 is 14.3 Å². The Morgan fingerprint density at radius 1 is 0.957 bits per heavy atom. The van der Waals surface area contributed by atoms with E-state index in [-0.39, 0.29) is 12.4 Å². The molecule has 0 amide bonds. The minimum atomic E-state index is -1.84. The summed E-state index contributed by atoms with van der Waals surface area (Å²) in [5, 5.41) is 0. The fraction of sp³-hybridized carbons (Fsp3) is 0.316. The Balaban J connectivity index is 2.19. The maximum atomic E-state index is 12.4. The summed E-state index contributed by atoms with van der Waals surface area (Å²) in [6, 6.07) is 19.0. The molecule has 1 atom stereocenters. The van der Waals surface area contributed by atoms with Crippen molar-refractivity contribution in [2.75, 3.05) is 0 Å². The summed E-state index contributed by atoms with van der Waals surface area (Å²) in [5.74, 6) is 0.265. The van der Waals surface area contributed by atoms with E-state index >= 15 is 0 Å². The second kappa shape index (κ2) is 7.11. The molecule has 0 fully saturated rings. The highest BCUT2D eigenvalue weighted by Gasteiger charge is 2.36. The van der Waals surface area contributed by atoms with Gasteiger partial charge in [0.1, 0.15) is 5.75 Å². The lowest BCUT2D eigenvalue weighted by Crippen LogP contribution is -2.40. The fourth-order valence-corrected chi connectivity index (χ4v) is 4.14. The van der Waals surface area contributed by atoms with Crippen LogP contribution in [-0.2, 0) is 14.8 Å². The first-order chi connectivity index (χ1) is 10.8. The van der Waals surface area contributed by atoms with E-state index in [1.54, 1.807) is 12.1 Å². The van der Waals surface area contributed by atoms with Gasteiger partial charge in [0, 0.05) is 0 Å². The summed E-state index contributed by atoms with van der Waals surface area (Å²) >= 11 is 0. The minimum Gasteiger partial charge on any atom is -0.426 e. The zero-order chi connectivity index (χ0) is 16.9. The monoisotopic (exact) mass is 328 g/mol. The molecule has 0 aromatic heterocycles. The molecule has 0 spiro atoms. The lowest BCUT2D eigenvalue weighted by Gasteiger charge is -2.36. The molecule has 1 unspecified atom stereocenters. The van der Waals surface area contributed by atoms with Crippen molar-refractivity contribution in [1.29, 1.82) is 0 Å².